The third-order valence-electron chi connectivity index (χ3n) is 1.63. The fraction of sp³-hybridized carbons (Fsp3) is 0.500. The molecule has 0 saturated carbocycles. The van der Waals surface area contributed by atoms with Gasteiger partial charge in [-0.25, -0.2) is 4.79 Å². The highest BCUT2D eigenvalue weighted by atomic mass is 16.4. The number of carbonyl (C=O) groups is 1. The molecule has 0 atom stereocenters. The summed E-state index contributed by atoms with van der Waals surface area (Å²) in [6.07, 6.45) is 1.74. The van der Waals surface area contributed by atoms with E-state index in [2.05, 4.69) is 18.9 Å². The average Bonchev–Trinajstić information content (AvgIpc) is 2.34. The van der Waals surface area contributed by atoms with Crippen LogP contribution in [-0.2, 0) is 11.3 Å². The molecule has 0 saturated heterocycles. The zero-order chi connectivity index (χ0) is 9.14. The maximum absolute atomic E-state index is 10.3. The minimum Gasteiger partial charge on any atom is -0.476 e. The largest absolute Gasteiger partial charge is 0.476 e. The molecule has 0 aromatic carbocycles. The van der Waals surface area contributed by atoms with Crippen molar-refractivity contribution in [3.8, 4) is 0 Å². The standard InChI is InChI=1S/C8H12N2O2/c1-6(2)7-3-4-10(9-7)5-8(11)12/h3-4,6H,5H2,1-2H3,(H,11,12)/p+1. The number of rotatable bonds is 3. The first-order chi connectivity index (χ1) is 5.59. The second-order valence-corrected chi connectivity index (χ2v) is 3.06. The molecule has 0 spiro atoms. The molecule has 0 radical (unpaired) electrons. The van der Waals surface area contributed by atoms with Crippen LogP contribution in [0.2, 0.25) is 0 Å². The molecular formula is C8H13N2O2+. The monoisotopic (exact) mass is 169 g/mol. The predicted octanol–water partition coefficient (Wildman–Crippen LogP) is 0.510. The van der Waals surface area contributed by atoms with Crippen molar-refractivity contribution in [3.63, 3.8) is 0 Å². The quantitative estimate of drug-likeness (QED) is 0.648. The first-order valence-electron chi connectivity index (χ1n) is 3.89. The van der Waals surface area contributed by atoms with E-state index < -0.39 is 5.97 Å². The third kappa shape index (κ3) is 2.08. The van der Waals surface area contributed by atoms with Crippen molar-refractivity contribution >= 4 is 5.97 Å². The molecule has 66 valence electrons. The number of carboxylic acid groups (broad SMARTS) is 1. The second-order valence-electron chi connectivity index (χ2n) is 3.06. The van der Waals surface area contributed by atoms with Gasteiger partial charge in [0.05, 0.1) is 5.69 Å². The van der Waals surface area contributed by atoms with E-state index in [1.165, 1.54) is 0 Å². The van der Waals surface area contributed by atoms with Crippen molar-refractivity contribution < 1.29 is 14.6 Å². The molecular weight excluding hydrogens is 156 g/mol. The van der Waals surface area contributed by atoms with Gasteiger partial charge in [0.15, 0.2) is 6.20 Å². The number of hydrogen-bond acceptors (Lipinski definition) is 1. The van der Waals surface area contributed by atoms with Gasteiger partial charge in [-0.1, -0.05) is 13.8 Å². The summed E-state index contributed by atoms with van der Waals surface area (Å²) < 4.78 is 1.55. The van der Waals surface area contributed by atoms with Crippen LogP contribution in [0.15, 0.2) is 12.3 Å². The first-order valence-corrected chi connectivity index (χ1v) is 3.89. The lowest BCUT2D eigenvalue weighted by Crippen LogP contribution is -2.39. The second kappa shape index (κ2) is 3.38. The molecule has 2 N–H and O–H groups in total. The van der Waals surface area contributed by atoms with Crippen LogP contribution < -0.4 is 4.68 Å². The van der Waals surface area contributed by atoms with Gasteiger partial charge in [0.25, 0.3) is 6.54 Å². The van der Waals surface area contributed by atoms with E-state index in [1.807, 2.05) is 6.07 Å². The van der Waals surface area contributed by atoms with Crippen molar-refractivity contribution in [3.05, 3.63) is 18.0 Å². The van der Waals surface area contributed by atoms with E-state index in [0.717, 1.165) is 5.69 Å². The number of aromatic nitrogens is 2. The fourth-order valence-electron chi connectivity index (χ4n) is 0.970. The van der Waals surface area contributed by atoms with Crippen molar-refractivity contribution in [2.45, 2.75) is 26.3 Å². The topological polar surface area (TPSA) is 57.0 Å². The molecule has 1 aromatic heterocycles. The Morgan fingerprint density at radius 1 is 1.75 bits per heavy atom. The molecule has 0 aliphatic rings. The summed E-state index contributed by atoms with van der Waals surface area (Å²) in [6.45, 7) is 4.10. The van der Waals surface area contributed by atoms with Gasteiger partial charge in [-0.3, -0.25) is 0 Å². The molecule has 4 heteroatoms. The van der Waals surface area contributed by atoms with Crippen LogP contribution in [0.4, 0.5) is 0 Å². The Morgan fingerprint density at radius 3 is 2.83 bits per heavy atom. The Morgan fingerprint density at radius 2 is 2.42 bits per heavy atom. The summed E-state index contributed by atoms with van der Waals surface area (Å²) in [6, 6.07) is 1.90. The van der Waals surface area contributed by atoms with E-state index >= 15 is 0 Å². The molecule has 1 heterocycles. The highest BCUT2D eigenvalue weighted by Crippen LogP contribution is 2.07. The molecule has 0 amide bonds. The number of aliphatic carboxylic acids is 1. The highest BCUT2D eigenvalue weighted by molar-refractivity contribution is 5.64. The summed E-state index contributed by atoms with van der Waals surface area (Å²) in [5, 5.41) is 11.5. The van der Waals surface area contributed by atoms with Crippen molar-refractivity contribution in [1.82, 2.24) is 5.10 Å². The Balaban J connectivity index is 2.70. The molecule has 12 heavy (non-hydrogen) atoms. The van der Waals surface area contributed by atoms with E-state index in [0.29, 0.717) is 5.92 Å². The lowest BCUT2D eigenvalue weighted by molar-refractivity contribution is -0.740. The fourth-order valence-corrected chi connectivity index (χ4v) is 0.970. The number of nitrogens with zero attached hydrogens (tertiary/aromatic N) is 1. The van der Waals surface area contributed by atoms with Crippen LogP contribution in [-0.4, -0.2) is 16.2 Å². The molecule has 0 aliphatic heterocycles. The Labute approximate surface area is 70.8 Å². The minimum atomic E-state index is -0.836. The summed E-state index contributed by atoms with van der Waals surface area (Å²) in [7, 11) is 0. The SMILES string of the molecule is CC(C)c1cc[n+](CC(=O)O)[nH]1. The van der Waals surface area contributed by atoms with Crippen LogP contribution in [0.1, 0.15) is 25.5 Å². The summed E-state index contributed by atoms with van der Waals surface area (Å²) in [5.74, 6) is -0.433. The molecule has 4 nitrogen and oxygen atoms in total. The van der Waals surface area contributed by atoms with Crippen molar-refractivity contribution in [2.24, 2.45) is 0 Å². The Hall–Kier alpha value is -1.32. The number of nitrogens with one attached hydrogen (secondary N) is 1. The predicted molar refractivity (Wildman–Crippen MR) is 42.7 cm³/mol. The smallest absolute Gasteiger partial charge is 0.372 e. The maximum atomic E-state index is 10.3. The molecule has 1 aromatic rings. The van der Waals surface area contributed by atoms with Gasteiger partial charge in [0.2, 0.25) is 0 Å². The zero-order valence-electron chi connectivity index (χ0n) is 7.24. The summed E-state index contributed by atoms with van der Waals surface area (Å²) in [5.41, 5.74) is 1.05. The van der Waals surface area contributed by atoms with E-state index in [1.54, 1.807) is 10.9 Å². The van der Waals surface area contributed by atoms with Gasteiger partial charge in [0.1, 0.15) is 0 Å². The molecule has 1 rings (SSSR count). The van der Waals surface area contributed by atoms with Crippen molar-refractivity contribution in [1.29, 1.82) is 0 Å². The van der Waals surface area contributed by atoms with Crippen LogP contribution in [0.25, 0.3) is 0 Å². The normalized spacial score (nSPS) is 10.6. The van der Waals surface area contributed by atoms with Crippen LogP contribution in [0.5, 0.6) is 0 Å². The van der Waals surface area contributed by atoms with Crippen LogP contribution in [0.3, 0.4) is 0 Å². The van der Waals surface area contributed by atoms with Gasteiger partial charge in [0, 0.05) is 6.07 Å². The minimum absolute atomic E-state index is 0.00722. The Bertz CT molecular complexity index is 278. The number of hydrogen-bond donors (Lipinski definition) is 2. The van der Waals surface area contributed by atoms with Gasteiger partial charge < -0.3 is 5.11 Å². The van der Waals surface area contributed by atoms with Gasteiger partial charge in [-0.05, 0) is 5.92 Å². The molecule has 0 fully saturated rings. The van der Waals surface area contributed by atoms with Gasteiger partial charge >= 0.3 is 5.97 Å². The van der Waals surface area contributed by atoms with E-state index in [4.69, 9.17) is 5.11 Å². The van der Waals surface area contributed by atoms with Crippen LogP contribution >= 0.6 is 0 Å². The van der Waals surface area contributed by atoms with E-state index in [-0.39, 0.29) is 6.54 Å². The van der Waals surface area contributed by atoms with Crippen LogP contribution in [0, 0.1) is 0 Å². The summed E-state index contributed by atoms with van der Waals surface area (Å²) in [4.78, 5) is 10.3. The third-order valence-corrected chi connectivity index (χ3v) is 1.63. The number of H-pyrrole nitrogens is 1. The van der Waals surface area contributed by atoms with Gasteiger partial charge in [-0.2, -0.15) is 5.10 Å². The molecule has 0 unspecified atom stereocenters. The van der Waals surface area contributed by atoms with Gasteiger partial charge in [-0.15, -0.1) is 4.68 Å². The summed E-state index contributed by atoms with van der Waals surface area (Å²) >= 11 is 0. The van der Waals surface area contributed by atoms with Crippen molar-refractivity contribution in [2.75, 3.05) is 0 Å². The average molecular weight is 169 g/mol. The molecule has 0 bridgehead atoms. The zero-order valence-corrected chi connectivity index (χ0v) is 7.24. The first kappa shape index (κ1) is 8.77. The van der Waals surface area contributed by atoms with E-state index in [9.17, 15) is 4.79 Å². The lowest BCUT2D eigenvalue weighted by Gasteiger charge is -1.94. The Kier molecular flexibility index (Phi) is 2.47. The maximum Gasteiger partial charge on any atom is 0.372 e. The highest BCUT2D eigenvalue weighted by Gasteiger charge is 2.11. The number of aromatic amines is 1. The molecule has 0 aliphatic carbocycles. The number of carboxylic acids is 1. The lowest BCUT2D eigenvalue weighted by atomic mass is 10.1.